The summed E-state index contributed by atoms with van der Waals surface area (Å²) in [6, 6.07) is 9.19. The SMILES string of the molecule is CCCCCC(CC)(C(=O)OCC)C(=O)OC(=O)C=Cc1ccccc1. The van der Waals surface area contributed by atoms with Crippen molar-refractivity contribution < 1.29 is 23.9 Å². The molecule has 26 heavy (non-hydrogen) atoms. The zero-order valence-corrected chi connectivity index (χ0v) is 15.8. The number of benzene rings is 1. The maximum atomic E-state index is 12.7. The molecule has 1 aromatic rings. The molecule has 0 aliphatic heterocycles. The molecule has 1 unspecified atom stereocenters. The lowest BCUT2D eigenvalue weighted by molar-refractivity contribution is -0.175. The Bertz CT molecular complexity index is 621. The third kappa shape index (κ3) is 6.14. The molecule has 5 nitrogen and oxygen atoms in total. The molecule has 0 N–H and O–H groups in total. The van der Waals surface area contributed by atoms with Crippen LogP contribution in [0.2, 0.25) is 0 Å². The lowest BCUT2D eigenvalue weighted by atomic mass is 9.80. The summed E-state index contributed by atoms with van der Waals surface area (Å²) in [4.78, 5) is 37.1. The molecular formula is C21H28O5. The summed E-state index contributed by atoms with van der Waals surface area (Å²) >= 11 is 0. The van der Waals surface area contributed by atoms with E-state index < -0.39 is 23.3 Å². The van der Waals surface area contributed by atoms with Gasteiger partial charge in [0, 0.05) is 6.08 Å². The Hall–Kier alpha value is -2.43. The molecule has 5 heteroatoms. The maximum absolute atomic E-state index is 12.7. The Balaban J connectivity index is 2.87. The Morgan fingerprint density at radius 2 is 1.69 bits per heavy atom. The van der Waals surface area contributed by atoms with Gasteiger partial charge < -0.3 is 9.47 Å². The van der Waals surface area contributed by atoms with Crippen molar-refractivity contribution >= 4 is 24.0 Å². The summed E-state index contributed by atoms with van der Waals surface area (Å²) in [6.45, 7) is 5.62. The molecule has 0 saturated heterocycles. The molecule has 1 aromatic carbocycles. The van der Waals surface area contributed by atoms with Crippen LogP contribution < -0.4 is 0 Å². The van der Waals surface area contributed by atoms with E-state index in [2.05, 4.69) is 0 Å². The first kappa shape index (κ1) is 21.6. The summed E-state index contributed by atoms with van der Waals surface area (Å²) in [5.41, 5.74) is -0.617. The van der Waals surface area contributed by atoms with Gasteiger partial charge in [0.15, 0.2) is 5.41 Å². The van der Waals surface area contributed by atoms with Crippen LogP contribution in [0, 0.1) is 5.41 Å². The van der Waals surface area contributed by atoms with Crippen LogP contribution in [-0.2, 0) is 23.9 Å². The number of hydrogen-bond acceptors (Lipinski definition) is 5. The minimum atomic E-state index is -1.43. The molecule has 0 aliphatic carbocycles. The first-order chi connectivity index (χ1) is 12.5. The Morgan fingerprint density at radius 3 is 2.27 bits per heavy atom. The second-order valence-electron chi connectivity index (χ2n) is 6.07. The topological polar surface area (TPSA) is 69.7 Å². The first-order valence-electron chi connectivity index (χ1n) is 9.16. The van der Waals surface area contributed by atoms with Crippen molar-refractivity contribution in [2.45, 2.75) is 52.9 Å². The van der Waals surface area contributed by atoms with Gasteiger partial charge in [0.25, 0.3) is 0 Å². The van der Waals surface area contributed by atoms with Crippen molar-refractivity contribution in [3.63, 3.8) is 0 Å². The van der Waals surface area contributed by atoms with Gasteiger partial charge in [-0.3, -0.25) is 9.59 Å². The number of ether oxygens (including phenoxy) is 2. The van der Waals surface area contributed by atoms with Gasteiger partial charge in [-0.25, -0.2) is 4.79 Å². The molecule has 142 valence electrons. The normalized spacial score (nSPS) is 13.2. The number of rotatable bonds is 10. The highest BCUT2D eigenvalue weighted by Gasteiger charge is 2.47. The van der Waals surface area contributed by atoms with E-state index in [1.807, 2.05) is 37.3 Å². The predicted molar refractivity (Wildman–Crippen MR) is 100 cm³/mol. The Morgan fingerprint density at radius 1 is 1.00 bits per heavy atom. The second-order valence-corrected chi connectivity index (χ2v) is 6.07. The monoisotopic (exact) mass is 360 g/mol. The lowest BCUT2D eigenvalue weighted by Gasteiger charge is -2.27. The quantitative estimate of drug-likeness (QED) is 0.269. The van der Waals surface area contributed by atoms with Gasteiger partial charge in [0.2, 0.25) is 0 Å². The summed E-state index contributed by atoms with van der Waals surface area (Å²) in [7, 11) is 0. The van der Waals surface area contributed by atoms with Crippen molar-refractivity contribution in [2.75, 3.05) is 6.61 Å². The molecule has 0 bridgehead atoms. The van der Waals surface area contributed by atoms with E-state index in [4.69, 9.17) is 9.47 Å². The standard InChI is InChI=1S/C21H28O5/c1-4-7-11-16-21(5-2,19(23)25-6-3)20(24)26-18(22)15-14-17-12-9-8-10-13-17/h8-10,12-15H,4-7,11,16H2,1-3H3. The summed E-state index contributed by atoms with van der Waals surface area (Å²) in [6.07, 6.45) is 5.81. The summed E-state index contributed by atoms with van der Waals surface area (Å²) < 4.78 is 10.1. The molecule has 1 atom stereocenters. The minimum absolute atomic E-state index is 0.170. The van der Waals surface area contributed by atoms with Crippen LogP contribution >= 0.6 is 0 Å². The van der Waals surface area contributed by atoms with E-state index >= 15 is 0 Å². The highest BCUT2D eigenvalue weighted by Crippen LogP contribution is 2.33. The molecular weight excluding hydrogens is 332 g/mol. The molecule has 0 aliphatic rings. The van der Waals surface area contributed by atoms with Crippen molar-refractivity contribution in [3.05, 3.63) is 42.0 Å². The molecule has 0 aromatic heterocycles. The van der Waals surface area contributed by atoms with Gasteiger partial charge in [-0.15, -0.1) is 0 Å². The van der Waals surface area contributed by atoms with Crippen LogP contribution in [-0.4, -0.2) is 24.5 Å². The predicted octanol–water partition coefficient (Wildman–Crippen LogP) is 4.31. The smallest absolute Gasteiger partial charge is 0.338 e. The van der Waals surface area contributed by atoms with E-state index in [1.165, 1.54) is 6.08 Å². The van der Waals surface area contributed by atoms with Gasteiger partial charge in [-0.2, -0.15) is 0 Å². The fraction of sp³-hybridized carbons (Fsp3) is 0.476. The van der Waals surface area contributed by atoms with Gasteiger partial charge in [-0.1, -0.05) is 63.4 Å². The highest BCUT2D eigenvalue weighted by atomic mass is 16.6. The zero-order valence-electron chi connectivity index (χ0n) is 15.8. The zero-order chi connectivity index (χ0) is 19.4. The largest absolute Gasteiger partial charge is 0.465 e. The fourth-order valence-corrected chi connectivity index (χ4v) is 2.65. The van der Waals surface area contributed by atoms with Gasteiger partial charge in [0.1, 0.15) is 0 Å². The van der Waals surface area contributed by atoms with Crippen molar-refractivity contribution in [3.8, 4) is 0 Å². The number of unbranched alkanes of at least 4 members (excludes halogenated alkanes) is 2. The highest BCUT2D eigenvalue weighted by molar-refractivity contribution is 6.05. The summed E-state index contributed by atoms with van der Waals surface area (Å²) in [5.74, 6) is -2.25. The number of carbonyl (C=O) groups excluding carboxylic acids is 3. The molecule has 1 rings (SSSR count). The van der Waals surface area contributed by atoms with Crippen molar-refractivity contribution in [1.82, 2.24) is 0 Å². The van der Waals surface area contributed by atoms with Crippen LogP contribution in [0.4, 0.5) is 0 Å². The number of esters is 3. The third-order valence-corrected chi connectivity index (χ3v) is 4.27. The molecule has 0 fully saturated rings. The van der Waals surface area contributed by atoms with E-state index in [9.17, 15) is 14.4 Å². The van der Waals surface area contributed by atoms with Crippen LogP contribution in [0.15, 0.2) is 36.4 Å². The molecule has 0 radical (unpaired) electrons. The fourth-order valence-electron chi connectivity index (χ4n) is 2.65. The van der Waals surface area contributed by atoms with Gasteiger partial charge >= 0.3 is 17.9 Å². The van der Waals surface area contributed by atoms with Crippen LogP contribution in [0.25, 0.3) is 6.08 Å². The van der Waals surface area contributed by atoms with E-state index in [0.29, 0.717) is 12.8 Å². The van der Waals surface area contributed by atoms with Crippen LogP contribution in [0.3, 0.4) is 0 Å². The number of carbonyl (C=O) groups is 3. The first-order valence-corrected chi connectivity index (χ1v) is 9.16. The molecule has 0 amide bonds. The van der Waals surface area contributed by atoms with Crippen molar-refractivity contribution in [1.29, 1.82) is 0 Å². The van der Waals surface area contributed by atoms with Crippen LogP contribution in [0.1, 0.15) is 58.4 Å². The van der Waals surface area contributed by atoms with E-state index in [-0.39, 0.29) is 13.0 Å². The van der Waals surface area contributed by atoms with Crippen molar-refractivity contribution in [2.24, 2.45) is 5.41 Å². The Labute approximate surface area is 155 Å². The summed E-state index contributed by atoms with van der Waals surface area (Å²) in [5, 5.41) is 0. The minimum Gasteiger partial charge on any atom is -0.465 e. The van der Waals surface area contributed by atoms with Gasteiger partial charge in [-0.05, 0) is 31.4 Å². The van der Waals surface area contributed by atoms with E-state index in [1.54, 1.807) is 19.9 Å². The molecule has 0 spiro atoms. The molecule has 0 heterocycles. The average molecular weight is 360 g/mol. The average Bonchev–Trinajstić information content (AvgIpc) is 2.64. The van der Waals surface area contributed by atoms with Gasteiger partial charge in [0.05, 0.1) is 6.61 Å². The lowest BCUT2D eigenvalue weighted by Crippen LogP contribution is -2.42. The van der Waals surface area contributed by atoms with Crippen LogP contribution in [0.5, 0.6) is 0 Å². The molecule has 0 saturated carbocycles. The number of hydrogen-bond donors (Lipinski definition) is 0. The Kier molecular flexibility index (Phi) is 9.34. The third-order valence-electron chi connectivity index (χ3n) is 4.27. The van der Waals surface area contributed by atoms with E-state index in [0.717, 1.165) is 18.4 Å². The maximum Gasteiger partial charge on any atom is 0.338 e. The second kappa shape index (κ2) is 11.2.